The summed E-state index contributed by atoms with van der Waals surface area (Å²) in [4.78, 5) is 13.2. The van der Waals surface area contributed by atoms with E-state index in [-0.39, 0.29) is 22.7 Å². The lowest BCUT2D eigenvalue weighted by Gasteiger charge is -2.18. The minimum atomic E-state index is -4.30. The summed E-state index contributed by atoms with van der Waals surface area (Å²) in [6.45, 7) is 0. The van der Waals surface area contributed by atoms with Crippen LogP contribution in [-0.4, -0.2) is 47.5 Å². The smallest absolute Gasteiger partial charge is 0.262 e. The van der Waals surface area contributed by atoms with E-state index >= 15 is 0 Å². The van der Waals surface area contributed by atoms with Gasteiger partial charge in [0.2, 0.25) is 0 Å². The quantitative estimate of drug-likeness (QED) is 0.805. The third kappa shape index (κ3) is 4.27. The van der Waals surface area contributed by atoms with Crippen molar-refractivity contribution < 1.29 is 31.5 Å². The molecule has 2 rings (SSSR count). The van der Waals surface area contributed by atoms with Gasteiger partial charge in [-0.15, -0.1) is 0 Å². The lowest BCUT2D eigenvalue weighted by molar-refractivity contribution is 0.0828. The number of ether oxygens (including phenoxy) is 2. The standard InChI is InChI=1S/C17H18F2N2O5S/c1-21(2)17(22)11-8-15(25-3)16(26-4)9-14(11)20-27(23,24)10-5-6-12(18)13(19)7-10/h5-9,20H,1-4H3. The van der Waals surface area contributed by atoms with E-state index in [1.807, 2.05) is 0 Å². The normalized spacial score (nSPS) is 11.0. The monoisotopic (exact) mass is 400 g/mol. The number of hydrogen-bond donors (Lipinski definition) is 1. The summed E-state index contributed by atoms with van der Waals surface area (Å²) in [5.74, 6) is -2.59. The molecule has 0 aliphatic rings. The number of amides is 1. The van der Waals surface area contributed by atoms with Crippen molar-refractivity contribution in [2.75, 3.05) is 33.0 Å². The Morgan fingerprint density at radius 2 is 1.59 bits per heavy atom. The Morgan fingerprint density at radius 1 is 1.00 bits per heavy atom. The number of carbonyl (C=O) groups is 1. The molecule has 146 valence electrons. The fourth-order valence-corrected chi connectivity index (χ4v) is 3.31. The lowest BCUT2D eigenvalue weighted by Crippen LogP contribution is -2.24. The van der Waals surface area contributed by atoms with Gasteiger partial charge in [-0.2, -0.15) is 0 Å². The Kier molecular flexibility index (Phi) is 5.89. The molecule has 7 nitrogen and oxygen atoms in total. The summed E-state index contributed by atoms with van der Waals surface area (Å²) >= 11 is 0. The van der Waals surface area contributed by atoms with Crippen molar-refractivity contribution in [1.82, 2.24) is 4.90 Å². The number of rotatable bonds is 6. The van der Waals surface area contributed by atoms with Crippen molar-refractivity contribution in [2.24, 2.45) is 0 Å². The second kappa shape index (κ2) is 7.78. The first-order valence-corrected chi connectivity index (χ1v) is 9.04. The van der Waals surface area contributed by atoms with Crippen LogP contribution in [0.1, 0.15) is 10.4 Å². The largest absolute Gasteiger partial charge is 0.493 e. The van der Waals surface area contributed by atoms with Crippen molar-refractivity contribution in [1.29, 1.82) is 0 Å². The van der Waals surface area contributed by atoms with Gasteiger partial charge in [0.25, 0.3) is 15.9 Å². The molecule has 0 fully saturated rings. The third-order valence-electron chi connectivity index (χ3n) is 3.61. The molecule has 0 saturated heterocycles. The van der Waals surface area contributed by atoms with Crippen molar-refractivity contribution >= 4 is 21.6 Å². The van der Waals surface area contributed by atoms with Gasteiger partial charge in [0.1, 0.15) is 0 Å². The molecule has 0 unspecified atom stereocenters. The molecular weight excluding hydrogens is 382 g/mol. The number of hydrogen-bond acceptors (Lipinski definition) is 5. The Balaban J connectivity index is 2.58. The zero-order chi connectivity index (χ0) is 20.4. The van der Waals surface area contributed by atoms with E-state index in [1.54, 1.807) is 0 Å². The highest BCUT2D eigenvalue weighted by molar-refractivity contribution is 7.92. The average Bonchev–Trinajstić information content (AvgIpc) is 2.62. The average molecular weight is 400 g/mol. The summed E-state index contributed by atoms with van der Waals surface area (Å²) in [5.41, 5.74) is -0.111. The SMILES string of the molecule is COc1cc(NS(=O)(=O)c2ccc(F)c(F)c2)c(C(=O)N(C)C)cc1OC. The second-order valence-corrected chi connectivity index (χ2v) is 7.32. The molecule has 0 atom stereocenters. The highest BCUT2D eigenvalue weighted by Crippen LogP contribution is 2.35. The van der Waals surface area contributed by atoms with E-state index in [9.17, 15) is 22.0 Å². The van der Waals surface area contributed by atoms with Gasteiger partial charge in [-0.25, -0.2) is 17.2 Å². The predicted molar refractivity (Wildman–Crippen MR) is 94.7 cm³/mol. The second-order valence-electron chi connectivity index (χ2n) is 5.63. The van der Waals surface area contributed by atoms with Gasteiger partial charge < -0.3 is 14.4 Å². The summed E-state index contributed by atoms with van der Waals surface area (Å²) in [6, 6.07) is 4.75. The molecule has 2 aromatic rings. The molecule has 2 aromatic carbocycles. The molecule has 0 aliphatic heterocycles. The predicted octanol–water partition coefficient (Wildman–Crippen LogP) is 2.48. The molecule has 0 aliphatic carbocycles. The summed E-state index contributed by atoms with van der Waals surface area (Å²) in [5, 5.41) is 0. The Hall–Kier alpha value is -2.88. The van der Waals surface area contributed by atoms with Gasteiger partial charge >= 0.3 is 0 Å². The zero-order valence-electron chi connectivity index (χ0n) is 15.0. The molecule has 10 heteroatoms. The highest BCUT2D eigenvalue weighted by Gasteiger charge is 2.23. The first-order valence-electron chi connectivity index (χ1n) is 7.56. The van der Waals surface area contributed by atoms with Gasteiger partial charge in [0.05, 0.1) is 30.4 Å². The van der Waals surface area contributed by atoms with E-state index in [1.165, 1.54) is 45.3 Å². The number of nitrogens with zero attached hydrogens (tertiary/aromatic N) is 1. The van der Waals surface area contributed by atoms with Crippen LogP contribution in [0.4, 0.5) is 14.5 Å². The number of anilines is 1. The van der Waals surface area contributed by atoms with Gasteiger partial charge in [0, 0.05) is 20.2 Å². The molecule has 1 N–H and O–H groups in total. The maximum atomic E-state index is 13.4. The van der Waals surface area contributed by atoms with E-state index in [2.05, 4.69) is 4.72 Å². The van der Waals surface area contributed by atoms with Crippen molar-refractivity contribution in [2.45, 2.75) is 4.90 Å². The van der Waals surface area contributed by atoms with Crippen molar-refractivity contribution in [3.05, 3.63) is 47.5 Å². The minimum Gasteiger partial charge on any atom is -0.493 e. The van der Waals surface area contributed by atoms with Crippen molar-refractivity contribution in [3.63, 3.8) is 0 Å². The van der Waals surface area contributed by atoms with Crippen molar-refractivity contribution in [3.8, 4) is 11.5 Å². The molecule has 1 amide bonds. The van der Waals surface area contributed by atoms with Crippen LogP contribution in [0.15, 0.2) is 35.2 Å². The number of methoxy groups -OCH3 is 2. The maximum Gasteiger partial charge on any atom is 0.262 e. The summed E-state index contributed by atoms with van der Waals surface area (Å²) < 4.78 is 64.1. The van der Waals surface area contributed by atoms with Crippen LogP contribution in [-0.2, 0) is 10.0 Å². The molecule has 0 saturated carbocycles. The van der Waals surface area contributed by atoms with E-state index < -0.39 is 32.5 Å². The maximum absolute atomic E-state index is 13.4. The highest BCUT2D eigenvalue weighted by atomic mass is 32.2. The van der Waals surface area contributed by atoms with E-state index in [0.717, 1.165) is 6.07 Å². The topological polar surface area (TPSA) is 84.9 Å². The fraction of sp³-hybridized carbons (Fsp3) is 0.235. The molecule has 0 spiro atoms. The van der Waals surface area contributed by atoms with Crippen LogP contribution in [0, 0.1) is 11.6 Å². The number of carbonyl (C=O) groups excluding carboxylic acids is 1. The van der Waals surface area contributed by atoms with Crippen LogP contribution >= 0.6 is 0 Å². The Labute approximate surface area is 155 Å². The molecule has 0 aromatic heterocycles. The Morgan fingerprint density at radius 3 is 2.11 bits per heavy atom. The minimum absolute atomic E-state index is 0.0104. The number of nitrogens with one attached hydrogen (secondary N) is 1. The van der Waals surface area contributed by atoms with Gasteiger partial charge in [0.15, 0.2) is 23.1 Å². The van der Waals surface area contributed by atoms with Gasteiger partial charge in [-0.05, 0) is 24.3 Å². The number of sulfonamides is 1. The van der Waals surface area contributed by atoms with Crippen LogP contribution in [0.2, 0.25) is 0 Å². The number of halogens is 2. The van der Waals surface area contributed by atoms with Crippen LogP contribution in [0.5, 0.6) is 11.5 Å². The van der Waals surface area contributed by atoms with E-state index in [0.29, 0.717) is 12.1 Å². The summed E-state index contributed by atoms with van der Waals surface area (Å²) in [7, 11) is 1.40. The molecule has 27 heavy (non-hydrogen) atoms. The van der Waals surface area contributed by atoms with Gasteiger partial charge in [-0.3, -0.25) is 9.52 Å². The molecule has 0 heterocycles. The van der Waals surface area contributed by atoms with E-state index in [4.69, 9.17) is 9.47 Å². The Bertz CT molecular complexity index is 978. The number of benzene rings is 2. The van der Waals surface area contributed by atoms with Crippen LogP contribution < -0.4 is 14.2 Å². The first kappa shape index (κ1) is 20.4. The first-order chi connectivity index (χ1) is 12.6. The van der Waals surface area contributed by atoms with Crippen LogP contribution in [0.25, 0.3) is 0 Å². The van der Waals surface area contributed by atoms with Gasteiger partial charge in [-0.1, -0.05) is 0 Å². The summed E-state index contributed by atoms with van der Waals surface area (Å²) in [6.07, 6.45) is 0. The zero-order valence-corrected chi connectivity index (χ0v) is 15.9. The van der Waals surface area contributed by atoms with Crippen LogP contribution in [0.3, 0.4) is 0 Å². The fourth-order valence-electron chi connectivity index (χ4n) is 2.23. The lowest BCUT2D eigenvalue weighted by atomic mass is 10.1. The molecular formula is C17H18F2N2O5S. The third-order valence-corrected chi connectivity index (χ3v) is 4.97. The molecule has 0 radical (unpaired) electrons. The molecule has 0 bridgehead atoms.